The number of rotatable bonds is 7. The van der Waals surface area contributed by atoms with Crippen LogP contribution in [0.4, 0.5) is 11.5 Å². The van der Waals surface area contributed by atoms with Crippen molar-refractivity contribution >= 4 is 29.0 Å². The third-order valence-electron chi connectivity index (χ3n) is 5.31. The van der Waals surface area contributed by atoms with Crippen LogP contribution in [0.2, 0.25) is 5.02 Å². The van der Waals surface area contributed by atoms with Crippen molar-refractivity contribution < 1.29 is 9.90 Å². The fourth-order valence-corrected chi connectivity index (χ4v) is 3.60. The van der Waals surface area contributed by atoms with Crippen LogP contribution in [0, 0.1) is 17.2 Å². The van der Waals surface area contributed by atoms with Crippen LogP contribution in [0.15, 0.2) is 48.5 Å². The molecule has 0 bridgehead atoms. The molecule has 1 amide bonds. The number of nitrogens with one attached hydrogen (secondary N) is 2. The Morgan fingerprint density at radius 2 is 1.97 bits per heavy atom. The fraction of sp³-hybridized carbons (Fsp3) is 0.240. The molecule has 1 aliphatic rings. The van der Waals surface area contributed by atoms with Crippen LogP contribution < -0.4 is 16.4 Å². The fourth-order valence-electron chi connectivity index (χ4n) is 3.43. The number of nitrogens with two attached hydrogens (primary N) is 1. The van der Waals surface area contributed by atoms with Gasteiger partial charge < -0.3 is 21.5 Å². The van der Waals surface area contributed by atoms with E-state index >= 15 is 0 Å². The molecule has 1 fully saturated rings. The highest BCUT2D eigenvalue weighted by atomic mass is 35.5. The molecule has 7 nitrogen and oxygen atoms in total. The third kappa shape index (κ3) is 5.61. The van der Waals surface area contributed by atoms with E-state index < -0.39 is 0 Å². The number of nitrogens with zero attached hydrogens (tertiary/aromatic N) is 2. The maximum atomic E-state index is 12.3. The first kappa shape index (κ1) is 24.1. The van der Waals surface area contributed by atoms with E-state index in [1.54, 1.807) is 48.5 Å². The molecule has 1 saturated carbocycles. The summed E-state index contributed by atoms with van der Waals surface area (Å²) in [6, 6.07) is 15.6. The van der Waals surface area contributed by atoms with Gasteiger partial charge in [-0.3, -0.25) is 4.79 Å². The Balaban J connectivity index is 0.00000306. The molecule has 0 unspecified atom stereocenters. The maximum Gasteiger partial charge on any atom is 0.238 e. The smallest absolute Gasteiger partial charge is 0.238 e. The van der Waals surface area contributed by atoms with Crippen LogP contribution in [0.25, 0.3) is 22.4 Å². The lowest BCUT2D eigenvalue weighted by Crippen LogP contribution is -2.29. The quantitative estimate of drug-likeness (QED) is 0.399. The van der Waals surface area contributed by atoms with E-state index in [1.807, 2.05) is 0 Å². The molecule has 0 aliphatic heterocycles. The summed E-state index contributed by atoms with van der Waals surface area (Å²) in [5, 5.41) is 26.2. The third-order valence-corrected chi connectivity index (χ3v) is 5.64. The first-order chi connectivity index (χ1) is 15.5. The van der Waals surface area contributed by atoms with E-state index in [4.69, 9.17) is 17.3 Å². The number of phenols is 1. The molecule has 0 spiro atoms. The Kier molecular flexibility index (Phi) is 7.54. The summed E-state index contributed by atoms with van der Waals surface area (Å²) < 4.78 is 0. The van der Waals surface area contributed by atoms with Gasteiger partial charge in [-0.05, 0) is 61.2 Å². The largest absolute Gasteiger partial charge is 0.507 e. The molecule has 1 aromatic heterocycles. The number of amides is 1. The van der Waals surface area contributed by atoms with Crippen molar-refractivity contribution in [1.82, 2.24) is 10.3 Å². The summed E-state index contributed by atoms with van der Waals surface area (Å²) in [4.78, 5) is 16.6. The van der Waals surface area contributed by atoms with E-state index in [1.165, 1.54) is 12.8 Å². The molecule has 0 saturated heterocycles. The van der Waals surface area contributed by atoms with Gasteiger partial charge in [-0.25, -0.2) is 4.98 Å². The van der Waals surface area contributed by atoms with Gasteiger partial charge in [0.1, 0.15) is 23.2 Å². The Morgan fingerprint density at radius 1 is 1.21 bits per heavy atom. The summed E-state index contributed by atoms with van der Waals surface area (Å²) >= 11 is 6.30. The predicted molar refractivity (Wildman–Crippen MR) is 132 cm³/mol. The summed E-state index contributed by atoms with van der Waals surface area (Å²) in [7, 11) is 0. The van der Waals surface area contributed by atoms with Gasteiger partial charge in [0, 0.05) is 11.1 Å². The normalized spacial score (nSPS) is 12.5. The maximum absolute atomic E-state index is 12.3. The number of para-hydroxylation sites is 1. The number of aromatic nitrogens is 1. The van der Waals surface area contributed by atoms with Gasteiger partial charge in [0.05, 0.1) is 22.9 Å². The van der Waals surface area contributed by atoms with E-state index in [-0.39, 0.29) is 37.0 Å². The SMILES string of the molecule is C.N#Cc1c(-c2ccc(Cl)c(NC(=O)CNCC3CC3)c2)cc(-c2ccccc2O)nc1N. The predicted octanol–water partition coefficient (Wildman–Crippen LogP) is 4.80. The molecule has 0 atom stereocenters. The first-order valence-corrected chi connectivity index (χ1v) is 10.6. The Hall–Kier alpha value is -3.60. The van der Waals surface area contributed by atoms with Crippen LogP contribution >= 0.6 is 11.6 Å². The minimum atomic E-state index is -0.200. The lowest BCUT2D eigenvalue weighted by atomic mass is 9.97. The summed E-state index contributed by atoms with van der Waals surface area (Å²) in [6.45, 7) is 1.03. The highest BCUT2D eigenvalue weighted by Crippen LogP contribution is 2.36. The molecule has 1 heterocycles. The molecule has 4 rings (SSSR count). The molecule has 2 aromatic carbocycles. The molecule has 170 valence electrons. The second-order valence-electron chi connectivity index (χ2n) is 7.76. The van der Waals surface area contributed by atoms with Crippen molar-refractivity contribution in [3.63, 3.8) is 0 Å². The standard InChI is InChI=1S/C24H22ClN5O2.CH4/c25-19-8-7-15(9-21(19)29-23(32)13-28-12-14-5-6-14)17-10-20(30-24(27)18(17)11-26)16-3-1-2-4-22(16)31;/h1-4,7-10,14,28,31H,5-6,12-13H2,(H2,27,30)(H,29,32);1H4. The van der Waals surface area contributed by atoms with Crippen molar-refractivity contribution in [3.05, 3.63) is 59.1 Å². The number of phenolic OH excluding ortho intramolecular Hbond substituents is 1. The molecule has 33 heavy (non-hydrogen) atoms. The van der Waals surface area contributed by atoms with Crippen molar-refractivity contribution in [1.29, 1.82) is 5.26 Å². The van der Waals surface area contributed by atoms with Crippen molar-refractivity contribution in [2.45, 2.75) is 20.3 Å². The zero-order chi connectivity index (χ0) is 22.7. The topological polar surface area (TPSA) is 124 Å². The van der Waals surface area contributed by atoms with Gasteiger partial charge in [-0.1, -0.05) is 37.2 Å². The average molecular weight is 464 g/mol. The number of halogens is 1. The van der Waals surface area contributed by atoms with Gasteiger partial charge in [-0.2, -0.15) is 5.26 Å². The number of hydrogen-bond acceptors (Lipinski definition) is 6. The van der Waals surface area contributed by atoms with Crippen molar-refractivity contribution in [2.24, 2.45) is 5.92 Å². The summed E-state index contributed by atoms with van der Waals surface area (Å²) in [6.07, 6.45) is 2.42. The molecule has 5 N–H and O–H groups in total. The molecular formula is C25H26ClN5O2. The van der Waals surface area contributed by atoms with Gasteiger partial charge in [0.15, 0.2) is 0 Å². The zero-order valence-corrected chi connectivity index (χ0v) is 18.0. The molecule has 0 radical (unpaired) electrons. The van der Waals surface area contributed by atoms with Gasteiger partial charge in [0.2, 0.25) is 5.91 Å². The van der Waals surface area contributed by atoms with Gasteiger partial charge >= 0.3 is 0 Å². The first-order valence-electron chi connectivity index (χ1n) is 10.3. The number of nitrogen functional groups attached to an aromatic ring is 1. The monoisotopic (exact) mass is 463 g/mol. The summed E-state index contributed by atoms with van der Waals surface area (Å²) in [5.74, 6) is 0.578. The van der Waals surface area contributed by atoms with Crippen LogP contribution in [0.1, 0.15) is 25.8 Å². The second kappa shape index (κ2) is 10.3. The summed E-state index contributed by atoms with van der Waals surface area (Å²) in [5.41, 5.74) is 8.80. The minimum Gasteiger partial charge on any atom is -0.507 e. The van der Waals surface area contributed by atoms with Crippen LogP contribution in [0.3, 0.4) is 0 Å². The van der Waals surface area contributed by atoms with Crippen LogP contribution in [0.5, 0.6) is 5.75 Å². The Labute approximate surface area is 198 Å². The molecular weight excluding hydrogens is 438 g/mol. The van der Waals surface area contributed by atoms with Crippen LogP contribution in [-0.2, 0) is 4.79 Å². The van der Waals surface area contributed by atoms with E-state index in [2.05, 4.69) is 21.7 Å². The van der Waals surface area contributed by atoms with E-state index in [0.717, 1.165) is 6.54 Å². The van der Waals surface area contributed by atoms with Gasteiger partial charge in [0.25, 0.3) is 0 Å². The lowest BCUT2D eigenvalue weighted by molar-refractivity contribution is -0.115. The van der Waals surface area contributed by atoms with Crippen LogP contribution in [-0.4, -0.2) is 29.1 Å². The van der Waals surface area contributed by atoms with Gasteiger partial charge in [-0.15, -0.1) is 0 Å². The average Bonchev–Trinajstić information content (AvgIpc) is 3.59. The van der Waals surface area contributed by atoms with E-state index in [9.17, 15) is 15.2 Å². The number of anilines is 2. The minimum absolute atomic E-state index is 0. The number of carbonyl (C=O) groups is 1. The number of hydrogen-bond donors (Lipinski definition) is 4. The number of pyridine rings is 1. The Bertz CT molecular complexity index is 1220. The number of aromatic hydroxyl groups is 1. The molecule has 3 aromatic rings. The number of nitriles is 1. The van der Waals surface area contributed by atoms with E-state index in [0.29, 0.717) is 39.0 Å². The number of benzene rings is 2. The Morgan fingerprint density at radius 3 is 2.67 bits per heavy atom. The van der Waals surface area contributed by atoms with Crippen molar-refractivity contribution in [3.8, 4) is 34.2 Å². The molecule has 1 aliphatic carbocycles. The molecule has 8 heteroatoms. The lowest BCUT2D eigenvalue weighted by Gasteiger charge is -2.13. The zero-order valence-electron chi connectivity index (χ0n) is 17.2. The highest BCUT2D eigenvalue weighted by Gasteiger charge is 2.21. The highest BCUT2D eigenvalue weighted by molar-refractivity contribution is 6.33. The number of carbonyl (C=O) groups excluding carboxylic acids is 1. The second-order valence-corrected chi connectivity index (χ2v) is 8.17. The van der Waals surface area contributed by atoms with Crippen molar-refractivity contribution in [2.75, 3.05) is 24.1 Å².